The first-order valence-corrected chi connectivity index (χ1v) is 7.55. The second-order valence-corrected chi connectivity index (χ2v) is 6.77. The van der Waals surface area contributed by atoms with Crippen molar-refractivity contribution in [1.29, 1.82) is 0 Å². The lowest BCUT2D eigenvalue weighted by Gasteiger charge is -2.13. The second kappa shape index (κ2) is 5.98. The van der Waals surface area contributed by atoms with E-state index in [1.807, 2.05) is 23.9 Å². The van der Waals surface area contributed by atoms with Crippen molar-refractivity contribution >= 4 is 34.2 Å². The number of para-hydroxylation sites is 1. The van der Waals surface area contributed by atoms with Gasteiger partial charge >= 0.3 is 0 Å². The van der Waals surface area contributed by atoms with Gasteiger partial charge in [-0.3, -0.25) is 4.99 Å². The van der Waals surface area contributed by atoms with Gasteiger partial charge in [0, 0.05) is 5.25 Å². The van der Waals surface area contributed by atoms with Crippen LogP contribution in [0.25, 0.3) is 0 Å². The van der Waals surface area contributed by atoms with Crippen LogP contribution < -0.4 is 5.32 Å². The lowest BCUT2D eigenvalue weighted by molar-refractivity contribution is 0.575. The van der Waals surface area contributed by atoms with E-state index < -0.39 is 0 Å². The van der Waals surface area contributed by atoms with Crippen molar-refractivity contribution in [3.63, 3.8) is 0 Å². The second-order valence-electron chi connectivity index (χ2n) is 5.07. The van der Waals surface area contributed by atoms with Crippen LogP contribution in [0.3, 0.4) is 0 Å². The van der Waals surface area contributed by atoms with Gasteiger partial charge in [-0.05, 0) is 30.9 Å². The van der Waals surface area contributed by atoms with Crippen LogP contribution in [0.15, 0.2) is 23.2 Å². The van der Waals surface area contributed by atoms with Crippen LogP contribution in [0.4, 0.5) is 5.69 Å². The third-order valence-corrected chi connectivity index (χ3v) is 4.35. The minimum atomic E-state index is 0.607. The maximum Gasteiger partial charge on any atom is 0.161 e. The fraction of sp³-hybridized carbons (Fsp3) is 0.500. The summed E-state index contributed by atoms with van der Waals surface area (Å²) in [6.45, 7) is 7.48. The quantitative estimate of drug-likeness (QED) is 0.878. The molecular weight excluding hydrogens is 264 g/mol. The molecule has 1 aliphatic heterocycles. The van der Waals surface area contributed by atoms with Gasteiger partial charge in [-0.15, -0.1) is 0 Å². The number of nitrogens with zero attached hydrogens (tertiary/aromatic N) is 1. The van der Waals surface area contributed by atoms with Crippen molar-refractivity contribution < 1.29 is 0 Å². The molecule has 98 valence electrons. The molecule has 1 aromatic rings. The zero-order valence-electron chi connectivity index (χ0n) is 11.0. The summed E-state index contributed by atoms with van der Waals surface area (Å²) in [5, 5.41) is 5.72. The molecule has 0 aromatic heterocycles. The molecule has 1 heterocycles. The van der Waals surface area contributed by atoms with Crippen molar-refractivity contribution in [3.8, 4) is 0 Å². The molecule has 0 bridgehead atoms. The lowest BCUT2D eigenvalue weighted by Crippen LogP contribution is -2.10. The largest absolute Gasteiger partial charge is 0.334 e. The molecule has 0 spiro atoms. The first kappa shape index (κ1) is 13.8. The van der Waals surface area contributed by atoms with Crippen molar-refractivity contribution in [2.24, 2.45) is 10.9 Å². The van der Waals surface area contributed by atoms with Crippen molar-refractivity contribution in [2.45, 2.75) is 32.4 Å². The average molecular weight is 283 g/mol. The number of nitrogens with one attached hydrogen (secondary N) is 1. The third kappa shape index (κ3) is 3.42. The number of hydrogen-bond acceptors (Lipinski definition) is 3. The average Bonchev–Trinajstić information content (AvgIpc) is 2.70. The summed E-state index contributed by atoms with van der Waals surface area (Å²) in [5.74, 6) is 0.721. The molecule has 0 amide bonds. The van der Waals surface area contributed by atoms with E-state index in [0.29, 0.717) is 5.25 Å². The molecular formula is C14H19ClN2S. The standard InChI is InChI=1S/C14H19ClN2S/c1-9(2)7-11-8-16-14(18-11)17-13-10(3)5-4-6-12(13)15/h4-6,9,11H,7-8H2,1-3H3,(H,16,17). The van der Waals surface area contributed by atoms with E-state index in [0.717, 1.165) is 33.9 Å². The molecule has 2 rings (SSSR count). The highest BCUT2D eigenvalue weighted by Crippen LogP contribution is 2.31. The smallest absolute Gasteiger partial charge is 0.161 e. The molecule has 1 N–H and O–H groups in total. The highest BCUT2D eigenvalue weighted by Gasteiger charge is 2.21. The molecule has 1 unspecified atom stereocenters. The topological polar surface area (TPSA) is 24.4 Å². The number of hydrogen-bond donors (Lipinski definition) is 1. The molecule has 0 fully saturated rings. The fourth-order valence-electron chi connectivity index (χ4n) is 2.03. The summed E-state index contributed by atoms with van der Waals surface area (Å²) >= 11 is 8.03. The van der Waals surface area contributed by atoms with Crippen LogP contribution in [0, 0.1) is 12.8 Å². The summed E-state index contributed by atoms with van der Waals surface area (Å²) in [7, 11) is 0. The fourth-order valence-corrected chi connectivity index (χ4v) is 3.56. The predicted molar refractivity (Wildman–Crippen MR) is 82.9 cm³/mol. The van der Waals surface area contributed by atoms with Crippen LogP contribution in [-0.2, 0) is 0 Å². The van der Waals surface area contributed by atoms with Crippen LogP contribution in [0.5, 0.6) is 0 Å². The minimum Gasteiger partial charge on any atom is -0.334 e. The van der Waals surface area contributed by atoms with Gasteiger partial charge in [0.1, 0.15) is 0 Å². The first-order valence-electron chi connectivity index (χ1n) is 6.29. The van der Waals surface area contributed by atoms with Crippen LogP contribution in [-0.4, -0.2) is 17.0 Å². The normalized spacial score (nSPS) is 19.2. The summed E-state index contributed by atoms with van der Waals surface area (Å²) in [5.41, 5.74) is 2.13. The predicted octanol–water partition coefficient (Wildman–Crippen LogP) is 4.58. The molecule has 1 aliphatic rings. The lowest BCUT2D eigenvalue weighted by atomic mass is 10.1. The Hall–Kier alpha value is -0.670. The van der Waals surface area contributed by atoms with E-state index in [1.165, 1.54) is 6.42 Å². The maximum absolute atomic E-state index is 6.20. The van der Waals surface area contributed by atoms with E-state index in [1.54, 1.807) is 0 Å². The Labute approximate surface area is 118 Å². The van der Waals surface area contributed by atoms with E-state index in [2.05, 4.69) is 37.1 Å². The van der Waals surface area contributed by atoms with Gasteiger partial charge in [-0.2, -0.15) is 0 Å². The van der Waals surface area contributed by atoms with Crippen molar-refractivity contribution in [3.05, 3.63) is 28.8 Å². The Balaban J connectivity index is 1.99. The van der Waals surface area contributed by atoms with Crippen LogP contribution in [0.2, 0.25) is 5.02 Å². The van der Waals surface area contributed by atoms with E-state index >= 15 is 0 Å². The number of anilines is 1. The summed E-state index contributed by atoms with van der Waals surface area (Å²) in [6.07, 6.45) is 1.21. The molecule has 0 radical (unpaired) electrons. The molecule has 0 saturated carbocycles. The third-order valence-electron chi connectivity index (χ3n) is 2.90. The maximum atomic E-state index is 6.20. The van der Waals surface area contributed by atoms with Gasteiger partial charge in [0.15, 0.2) is 5.17 Å². The highest BCUT2D eigenvalue weighted by atomic mass is 35.5. The number of amidine groups is 1. The van der Waals surface area contributed by atoms with Gasteiger partial charge in [-0.1, -0.05) is 49.3 Å². The SMILES string of the molecule is Cc1cccc(Cl)c1NC1=NCC(CC(C)C)S1. The summed E-state index contributed by atoms with van der Waals surface area (Å²) in [4.78, 5) is 4.56. The van der Waals surface area contributed by atoms with Gasteiger partial charge < -0.3 is 5.32 Å². The minimum absolute atomic E-state index is 0.607. The molecule has 1 aromatic carbocycles. The number of rotatable bonds is 3. The zero-order chi connectivity index (χ0) is 13.1. The number of halogens is 1. The molecule has 4 heteroatoms. The van der Waals surface area contributed by atoms with Crippen LogP contribution in [0.1, 0.15) is 25.8 Å². The van der Waals surface area contributed by atoms with Gasteiger partial charge in [0.25, 0.3) is 0 Å². The van der Waals surface area contributed by atoms with Crippen molar-refractivity contribution in [1.82, 2.24) is 0 Å². The Kier molecular flexibility index (Phi) is 4.57. The van der Waals surface area contributed by atoms with Gasteiger partial charge in [-0.25, -0.2) is 0 Å². The Morgan fingerprint density at radius 1 is 1.50 bits per heavy atom. The zero-order valence-corrected chi connectivity index (χ0v) is 12.6. The Morgan fingerprint density at radius 3 is 2.94 bits per heavy atom. The Morgan fingerprint density at radius 2 is 2.28 bits per heavy atom. The van der Waals surface area contributed by atoms with E-state index in [-0.39, 0.29) is 0 Å². The first-order chi connectivity index (χ1) is 8.56. The van der Waals surface area contributed by atoms with Gasteiger partial charge in [0.2, 0.25) is 0 Å². The molecule has 0 saturated heterocycles. The number of thioether (sulfide) groups is 1. The number of aryl methyl sites for hydroxylation is 1. The monoisotopic (exact) mass is 282 g/mol. The molecule has 18 heavy (non-hydrogen) atoms. The molecule has 1 atom stereocenters. The van der Waals surface area contributed by atoms with Gasteiger partial charge in [0.05, 0.1) is 17.3 Å². The summed E-state index contributed by atoms with van der Waals surface area (Å²) in [6, 6.07) is 5.93. The van der Waals surface area contributed by atoms with Crippen molar-refractivity contribution in [2.75, 3.05) is 11.9 Å². The van der Waals surface area contributed by atoms with E-state index in [4.69, 9.17) is 11.6 Å². The molecule has 0 aliphatic carbocycles. The number of aliphatic imine (C=N–C) groups is 1. The van der Waals surface area contributed by atoms with E-state index in [9.17, 15) is 0 Å². The Bertz CT molecular complexity index is 437. The molecule has 2 nitrogen and oxygen atoms in total. The van der Waals surface area contributed by atoms with Crippen LogP contribution >= 0.6 is 23.4 Å². The highest BCUT2D eigenvalue weighted by molar-refractivity contribution is 8.15. The summed E-state index contributed by atoms with van der Waals surface area (Å²) < 4.78 is 0. The number of benzene rings is 1.